The summed E-state index contributed by atoms with van der Waals surface area (Å²) in [6.07, 6.45) is 1.62. The van der Waals surface area contributed by atoms with Crippen LogP contribution in [0.3, 0.4) is 0 Å². The molecule has 0 aliphatic rings. The van der Waals surface area contributed by atoms with Crippen LogP contribution in [0.5, 0.6) is 0 Å². The Balaban J connectivity index is 2.35. The van der Waals surface area contributed by atoms with E-state index in [4.69, 9.17) is 5.73 Å². The van der Waals surface area contributed by atoms with Crippen molar-refractivity contribution in [1.29, 1.82) is 0 Å². The Morgan fingerprint density at radius 3 is 2.61 bits per heavy atom. The van der Waals surface area contributed by atoms with Crippen molar-refractivity contribution in [2.45, 2.75) is 6.92 Å². The van der Waals surface area contributed by atoms with Crippen LogP contribution >= 0.6 is 0 Å². The number of nitrogen functional groups attached to an aromatic ring is 1. The molecule has 1 aromatic carbocycles. The molecule has 0 fully saturated rings. The normalized spacial score (nSPS) is 10.4. The Labute approximate surface area is 106 Å². The minimum Gasteiger partial charge on any atom is -0.396 e. The zero-order valence-electron chi connectivity index (χ0n) is 10.7. The molecule has 0 spiro atoms. The molecular weight excluding hydrogens is 228 g/mol. The van der Waals surface area contributed by atoms with Gasteiger partial charge in [0.2, 0.25) is 0 Å². The molecule has 0 saturated carbocycles. The van der Waals surface area contributed by atoms with Crippen LogP contribution in [0.4, 0.5) is 11.4 Å². The Morgan fingerprint density at radius 2 is 2.06 bits per heavy atom. The number of nitrogens with two attached hydrogens (primary N) is 1. The molecule has 0 atom stereocenters. The van der Waals surface area contributed by atoms with Gasteiger partial charge < -0.3 is 10.6 Å². The van der Waals surface area contributed by atoms with Crippen LogP contribution in [0.15, 0.2) is 30.5 Å². The summed E-state index contributed by atoms with van der Waals surface area (Å²) in [7, 11) is 3.46. The number of carbonyl (C=O) groups excluding carboxylic acids is 1. The maximum absolute atomic E-state index is 12.3. The quantitative estimate of drug-likeness (QED) is 0.872. The van der Waals surface area contributed by atoms with Crippen LogP contribution in [0, 0.1) is 6.92 Å². The lowest BCUT2D eigenvalue weighted by molar-refractivity contribution is 0.0988. The van der Waals surface area contributed by atoms with Gasteiger partial charge in [-0.15, -0.1) is 0 Å². The number of anilines is 2. The van der Waals surface area contributed by atoms with Gasteiger partial charge in [-0.3, -0.25) is 9.48 Å². The molecule has 18 heavy (non-hydrogen) atoms. The van der Waals surface area contributed by atoms with E-state index in [2.05, 4.69) is 5.10 Å². The van der Waals surface area contributed by atoms with Crippen LogP contribution in [0.2, 0.25) is 0 Å². The highest BCUT2D eigenvalue weighted by Gasteiger charge is 2.20. The monoisotopic (exact) mass is 244 g/mol. The van der Waals surface area contributed by atoms with Crippen molar-refractivity contribution in [2.75, 3.05) is 17.7 Å². The number of nitrogens with zero attached hydrogens (tertiary/aromatic N) is 3. The van der Waals surface area contributed by atoms with Crippen molar-refractivity contribution < 1.29 is 4.79 Å². The molecule has 0 unspecified atom stereocenters. The van der Waals surface area contributed by atoms with Gasteiger partial charge in [0.25, 0.3) is 5.91 Å². The summed E-state index contributed by atoms with van der Waals surface area (Å²) < 4.78 is 1.54. The first kappa shape index (κ1) is 12.2. The van der Waals surface area contributed by atoms with Gasteiger partial charge >= 0.3 is 0 Å². The van der Waals surface area contributed by atoms with Crippen molar-refractivity contribution in [3.63, 3.8) is 0 Å². The molecule has 2 N–H and O–H groups in total. The zero-order valence-corrected chi connectivity index (χ0v) is 10.7. The van der Waals surface area contributed by atoms with Crippen molar-refractivity contribution >= 4 is 17.3 Å². The third kappa shape index (κ3) is 2.07. The minimum atomic E-state index is -0.206. The van der Waals surface area contributed by atoms with Gasteiger partial charge in [-0.25, -0.2) is 0 Å². The number of aryl methyl sites for hydroxylation is 2. The number of amides is 1. The van der Waals surface area contributed by atoms with Crippen molar-refractivity contribution in [1.82, 2.24) is 9.78 Å². The second-order valence-corrected chi connectivity index (χ2v) is 4.26. The van der Waals surface area contributed by atoms with Crippen molar-refractivity contribution in [3.8, 4) is 0 Å². The summed E-state index contributed by atoms with van der Waals surface area (Å²) in [5, 5.41) is 4.09. The molecular formula is C13H16N4O. The van der Waals surface area contributed by atoms with Crippen molar-refractivity contribution in [3.05, 3.63) is 41.7 Å². The summed E-state index contributed by atoms with van der Waals surface area (Å²) in [5.74, 6) is -0.206. The highest BCUT2D eigenvalue weighted by molar-refractivity contribution is 6.07. The number of para-hydroxylation sites is 1. The molecule has 2 aromatic rings. The lowest BCUT2D eigenvalue weighted by atomic mass is 10.2. The fraction of sp³-hybridized carbons (Fsp3) is 0.231. The number of hydrogen-bond donors (Lipinski definition) is 1. The van der Waals surface area contributed by atoms with Gasteiger partial charge in [0.05, 0.1) is 5.69 Å². The van der Waals surface area contributed by atoms with E-state index in [1.807, 2.05) is 31.2 Å². The maximum atomic E-state index is 12.3. The first-order valence-electron chi connectivity index (χ1n) is 5.63. The maximum Gasteiger partial charge on any atom is 0.280 e. The smallest absolute Gasteiger partial charge is 0.280 e. The number of carbonyl (C=O) groups is 1. The van der Waals surface area contributed by atoms with E-state index >= 15 is 0 Å². The van der Waals surface area contributed by atoms with Crippen LogP contribution in [0.25, 0.3) is 0 Å². The van der Waals surface area contributed by atoms with Gasteiger partial charge in [-0.2, -0.15) is 5.10 Å². The Bertz CT molecular complexity index is 588. The van der Waals surface area contributed by atoms with Crippen LogP contribution in [-0.2, 0) is 7.05 Å². The average molecular weight is 244 g/mol. The third-order valence-electron chi connectivity index (χ3n) is 2.84. The summed E-state index contributed by atoms with van der Waals surface area (Å²) >= 11 is 0. The SMILES string of the molecule is Cc1ccccc1N(C)C(=O)c1nn(C)cc1N. The van der Waals surface area contributed by atoms with Crippen LogP contribution in [0.1, 0.15) is 16.1 Å². The van der Waals surface area contributed by atoms with E-state index in [1.54, 1.807) is 25.2 Å². The van der Waals surface area contributed by atoms with Gasteiger partial charge in [0.1, 0.15) is 0 Å². The highest BCUT2D eigenvalue weighted by atomic mass is 16.2. The second kappa shape index (κ2) is 4.52. The van der Waals surface area contributed by atoms with Gasteiger partial charge in [0.15, 0.2) is 5.69 Å². The predicted octanol–water partition coefficient (Wildman–Crippen LogP) is 1.59. The van der Waals surface area contributed by atoms with E-state index in [-0.39, 0.29) is 11.6 Å². The standard InChI is InChI=1S/C13H16N4O/c1-9-6-4-5-7-11(9)17(3)13(18)12-10(14)8-16(2)15-12/h4-8H,14H2,1-3H3. The van der Waals surface area contributed by atoms with E-state index in [0.29, 0.717) is 5.69 Å². The predicted molar refractivity (Wildman–Crippen MR) is 71.5 cm³/mol. The molecule has 2 rings (SSSR count). The minimum absolute atomic E-state index is 0.206. The number of aromatic nitrogens is 2. The summed E-state index contributed by atoms with van der Waals surface area (Å²) in [6, 6.07) is 7.69. The summed E-state index contributed by atoms with van der Waals surface area (Å²) in [5.41, 5.74) is 8.32. The molecule has 5 nitrogen and oxygen atoms in total. The largest absolute Gasteiger partial charge is 0.396 e. The van der Waals surface area contributed by atoms with E-state index in [9.17, 15) is 4.79 Å². The molecule has 94 valence electrons. The van der Waals surface area contributed by atoms with E-state index < -0.39 is 0 Å². The van der Waals surface area contributed by atoms with Crippen LogP contribution in [-0.4, -0.2) is 22.7 Å². The van der Waals surface area contributed by atoms with Gasteiger partial charge in [0, 0.05) is 26.0 Å². The third-order valence-corrected chi connectivity index (χ3v) is 2.84. The van der Waals surface area contributed by atoms with E-state index in [0.717, 1.165) is 11.3 Å². The highest BCUT2D eigenvalue weighted by Crippen LogP contribution is 2.21. The fourth-order valence-electron chi connectivity index (χ4n) is 1.88. The zero-order chi connectivity index (χ0) is 13.3. The molecule has 1 amide bonds. The molecule has 0 aliphatic carbocycles. The lowest BCUT2D eigenvalue weighted by Crippen LogP contribution is -2.28. The summed E-state index contributed by atoms with van der Waals surface area (Å²) in [6.45, 7) is 1.96. The molecule has 0 bridgehead atoms. The van der Waals surface area contributed by atoms with Crippen molar-refractivity contribution in [2.24, 2.45) is 7.05 Å². The van der Waals surface area contributed by atoms with Crippen LogP contribution < -0.4 is 10.6 Å². The lowest BCUT2D eigenvalue weighted by Gasteiger charge is -2.18. The van der Waals surface area contributed by atoms with Gasteiger partial charge in [-0.1, -0.05) is 18.2 Å². The Hall–Kier alpha value is -2.30. The Kier molecular flexibility index (Phi) is 3.06. The molecule has 0 saturated heterocycles. The van der Waals surface area contributed by atoms with E-state index in [1.165, 1.54) is 4.68 Å². The topological polar surface area (TPSA) is 64.2 Å². The number of benzene rings is 1. The second-order valence-electron chi connectivity index (χ2n) is 4.26. The Morgan fingerprint density at radius 1 is 1.39 bits per heavy atom. The average Bonchev–Trinajstić information content (AvgIpc) is 2.67. The van der Waals surface area contributed by atoms with Gasteiger partial charge in [-0.05, 0) is 18.6 Å². The first-order valence-corrected chi connectivity index (χ1v) is 5.63. The molecule has 0 aliphatic heterocycles. The summed E-state index contributed by atoms with van der Waals surface area (Å²) in [4.78, 5) is 13.9. The molecule has 1 heterocycles. The fourth-order valence-corrected chi connectivity index (χ4v) is 1.88. The molecule has 5 heteroatoms. The first-order chi connectivity index (χ1) is 8.50. The number of rotatable bonds is 2. The molecule has 1 aromatic heterocycles. The number of hydrogen-bond acceptors (Lipinski definition) is 3. The molecule has 0 radical (unpaired) electrons.